The first kappa shape index (κ1) is 26.6. The molecule has 0 radical (unpaired) electrons. The lowest BCUT2D eigenvalue weighted by Crippen LogP contribution is -2.27. The molecule has 0 aromatic heterocycles. The Bertz CT molecular complexity index is 1150. The van der Waals surface area contributed by atoms with E-state index in [1.165, 1.54) is 6.08 Å². The topological polar surface area (TPSA) is 125 Å². The molecule has 0 saturated carbocycles. The van der Waals surface area contributed by atoms with E-state index in [2.05, 4.69) is 10.3 Å². The average Bonchev–Trinajstić information content (AvgIpc) is 2.97. The Kier molecular flexibility index (Phi) is 9.29. The van der Waals surface area contributed by atoms with Crippen molar-refractivity contribution in [2.75, 3.05) is 40.5 Å². The number of hydrogen-bond donors (Lipinski definition) is 2. The van der Waals surface area contributed by atoms with Gasteiger partial charge in [0.2, 0.25) is 0 Å². The molecule has 0 aliphatic carbocycles. The van der Waals surface area contributed by atoms with Gasteiger partial charge in [-0.3, -0.25) is 9.59 Å². The fourth-order valence-electron chi connectivity index (χ4n) is 3.40. The predicted octanol–water partition coefficient (Wildman–Crippen LogP) is 2.98. The van der Waals surface area contributed by atoms with Crippen LogP contribution < -0.4 is 25.3 Å². The molecule has 0 saturated heterocycles. The number of fused-ring (bicyclic) bond motifs is 1. The molecule has 2 amide bonds. The first-order chi connectivity index (χ1) is 17.3. The third kappa shape index (κ3) is 7.22. The van der Waals surface area contributed by atoms with E-state index in [1.807, 2.05) is 13.8 Å². The summed E-state index contributed by atoms with van der Waals surface area (Å²) in [7, 11) is 3.31. The number of nitrogens with one attached hydrogen (secondary N) is 1. The van der Waals surface area contributed by atoms with Crippen molar-refractivity contribution in [2.24, 2.45) is 10.7 Å². The largest absolute Gasteiger partial charge is 0.491 e. The summed E-state index contributed by atoms with van der Waals surface area (Å²) in [6, 6.07) is 9.75. The molecule has 192 valence electrons. The maximum atomic E-state index is 12.8. The summed E-state index contributed by atoms with van der Waals surface area (Å²) >= 11 is 0. The van der Waals surface area contributed by atoms with Crippen LogP contribution in [0.4, 0.5) is 0 Å². The summed E-state index contributed by atoms with van der Waals surface area (Å²) in [6.07, 6.45) is 2.86. The fourth-order valence-corrected chi connectivity index (χ4v) is 3.40. The van der Waals surface area contributed by atoms with Gasteiger partial charge in [0.15, 0.2) is 0 Å². The molecule has 2 aromatic carbocycles. The minimum Gasteiger partial charge on any atom is -0.491 e. The maximum Gasteiger partial charge on any atom is 0.279 e. The van der Waals surface area contributed by atoms with E-state index in [4.69, 9.17) is 24.7 Å². The van der Waals surface area contributed by atoms with Crippen molar-refractivity contribution in [1.29, 1.82) is 0 Å². The number of amides is 2. The van der Waals surface area contributed by atoms with Crippen molar-refractivity contribution in [3.05, 3.63) is 59.8 Å². The highest BCUT2D eigenvalue weighted by Gasteiger charge is 2.21. The van der Waals surface area contributed by atoms with E-state index in [9.17, 15) is 9.59 Å². The van der Waals surface area contributed by atoms with Crippen LogP contribution in [0.15, 0.2) is 53.7 Å². The lowest BCUT2D eigenvalue weighted by atomic mass is 10.1. The van der Waals surface area contributed by atoms with Gasteiger partial charge in [-0.1, -0.05) is 0 Å². The smallest absolute Gasteiger partial charge is 0.279 e. The fraction of sp³-hybridized carbons (Fsp3) is 0.346. The van der Waals surface area contributed by atoms with Gasteiger partial charge in [0.1, 0.15) is 41.5 Å². The molecule has 1 heterocycles. The van der Waals surface area contributed by atoms with Gasteiger partial charge in [0.25, 0.3) is 11.8 Å². The van der Waals surface area contributed by atoms with Crippen LogP contribution in [-0.4, -0.2) is 69.1 Å². The molecule has 3 rings (SSSR count). The van der Waals surface area contributed by atoms with Gasteiger partial charge >= 0.3 is 0 Å². The Morgan fingerprint density at radius 2 is 2.03 bits per heavy atom. The first-order valence-corrected chi connectivity index (χ1v) is 11.6. The molecule has 1 aliphatic heterocycles. The van der Waals surface area contributed by atoms with Crippen LogP contribution in [0.1, 0.15) is 34.6 Å². The number of nitrogens with two attached hydrogens (primary N) is 1. The SMILES string of the molecule is CCN/C=C\C(N)=NC(=O)c1cc(Oc2ccc3c(c2)OCCN(C)C3=O)cc(O[C@@H](C)COC)c1. The lowest BCUT2D eigenvalue weighted by molar-refractivity contribution is 0.0796. The van der Waals surface area contributed by atoms with Crippen molar-refractivity contribution < 1.29 is 28.5 Å². The Hall–Kier alpha value is -4.05. The van der Waals surface area contributed by atoms with Gasteiger partial charge < -0.3 is 34.9 Å². The Morgan fingerprint density at radius 3 is 2.78 bits per heavy atom. The Balaban J connectivity index is 1.90. The normalized spacial score (nSPS) is 14.6. The first-order valence-electron chi connectivity index (χ1n) is 11.6. The minimum absolute atomic E-state index is 0.0556. The van der Waals surface area contributed by atoms with E-state index < -0.39 is 5.91 Å². The van der Waals surface area contributed by atoms with Crippen LogP contribution in [0.25, 0.3) is 0 Å². The number of carbonyl (C=O) groups excluding carboxylic acids is 2. The molecule has 36 heavy (non-hydrogen) atoms. The highest BCUT2D eigenvalue weighted by Crippen LogP contribution is 2.33. The molecule has 10 nitrogen and oxygen atoms in total. The van der Waals surface area contributed by atoms with E-state index in [-0.39, 0.29) is 23.4 Å². The number of carbonyl (C=O) groups is 2. The monoisotopic (exact) mass is 496 g/mol. The number of benzene rings is 2. The summed E-state index contributed by atoms with van der Waals surface area (Å²) in [6.45, 7) is 5.72. The van der Waals surface area contributed by atoms with Gasteiger partial charge in [-0.25, -0.2) is 0 Å². The number of likely N-dealkylation sites (N-methyl/N-ethyl adjacent to an activating group) is 1. The molecule has 0 spiro atoms. The molecule has 0 unspecified atom stereocenters. The summed E-state index contributed by atoms with van der Waals surface area (Å²) in [5.74, 6) is 0.993. The third-order valence-electron chi connectivity index (χ3n) is 5.12. The van der Waals surface area contributed by atoms with Crippen LogP contribution >= 0.6 is 0 Å². The second-order valence-corrected chi connectivity index (χ2v) is 8.14. The van der Waals surface area contributed by atoms with Crippen molar-refractivity contribution >= 4 is 17.6 Å². The predicted molar refractivity (Wildman–Crippen MR) is 136 cm³/mol. The zero-order valence-corrected chi connectivity index (χ0v) is 20.9. The van der Waals surface area contributed by atoms with E-state index >= 15 is 0 Å². The summed E-state index contributed by atoms with van der Waals surface area (Å²) in [4.78, 5) is 30.9. The number of hydrogen-bond acceptors (Lipinski definition) is 7. The van der Waals surface area contributed by atoms with Gasteiger partial charge in [0.05, 0.1) is 18.7 Å². The Labute approximate surface area is 210 Å². The molecule has 3 N–H and O–H groups in total. The molecule has 1 atom stereocenters. The van der Waals surface area contributed by atoms with E-state index in [0.29, 0.717) is 48.3 Å². The van der Waals surface area contributed by atoms with Crippen molar-refractivity contribution in [2.45, 2.75) is 20.0 Å². The van der Waals surface area contributed by atoms with Crippen LogP contribution in [0.3, 0.4) is 0 Å². The molecule has 0 bridgehead atoms. The van der Waals surface area contributed by atoms with E-state index in [0.717, 1.165) is 6.54 Å². The van der Waals surface area contributed by atoms with Crippen molar-refractivity contribution in [3.8, 4) is 23.0 Å². The number of nitrogens with zero attached hydrogens (tertiary/aromatic N) is 2. The highest BCUT2D eigenvalue weighted by atomic mass is 16.5. The second kappa shape index (κ2) is 12.6. The van der Waals surface area contributed by atoms with Crippen LogP contribution in [0, 0.1) is 0 Å². The molecular weight excluding hydrogens is 464 g/mol. The number of rotatable bonds is 10. The minimum atomic E-state index is -0.553. The second-order valence-electron chi connectivity index (χ2n) is 8.14. The molecule has 1 aliphatic rings. The quantitative estimate of drug-likeness (QED) is 0.380. The molecule has 10 heteroatoms. The zero-order valence-electron chi connectivity index (χ0n) is 20.9. The third-order valence-corrected chi connectivity index (χ3v) is 5.12. The lowest BCUT2D eigenvalue weighted by Gasteiger charge is -2.16. The van der Waals surface area contributed by atoms with Gasteiger partial charge in [-0.2, -0.15) is 4.99 Å². The summed E-state index contributed by atoms with van der Waals surface area (Å²) < 4.78 is 22.8. The summed E-state index contributed by atoms with van der Waals surface area (Å²) in [5.41, 5.74) is 6.54. The van der Waals surface area contributed by atoms with Gasteiger partial charge in [0, 0.05) is 44.6 Å². The molecule has 2 aromatic rings. The van der Waals surface area contributed by atoms with Crippen molar-refractivity contribution in [3.63, 3.8) is 0 Å². The van der Waals surface area contributed by atoms with Crippen LogP contribution in [0.5, 0.6) is 23.0 Å². The Morgan fingerprint density at radius 1 is 1.25 bits per heavy atom. The van der Waals surface area contributed by atoms with Gasteiger partial charge in [-0.05, 0) is 44.2 Å². The summed E-state index contributed by atoms with van der Waals surface area (Å²) in [5, 5.41) is 2.96. The maximum absolute atomic E-state index is 12.8. The number of ether oxygens (including phenoxy) is 4. The average molecular weight is 497 g/mol. The zero-order chi connectivity index (χ0) is 26.1. The molecule has 0 fully saturated rings. The number of aliphatic imine (C=N–C) groups is 1. The highest BCUT2D eigenvalue weighted by molar-refractivity contribution is 6.06. The van der Waals surface area contributed by atoms with Crippen molar-refractivity contribution in [1.82, 2.24) is 10.2 Å². The van der Waals surface area contributed by atoms with Crippen LogP contribution in [0.2, 0.25) is 0 Å². The van der Waals surface area contributed by atoms with Gasteiger partial charge in [-0.15, -0.1) is 0 Å². The standard InChI is InChI=1S/C26H32N4O6/c1-5-28-9-8-24(27)29-25(31)18-12-20(35-17(2)16-33-4)14-21(13-18)36-19-6-7-22-23(15-19)34-11-10-30(3)26(22)32/h6-9,12-15,17,28H,5,10-11,16H2,1-4H3,(H2,27,29,31)/b9-8-/t17-/m0/s1. The molecular formula is C26H32N4O6. The van der Waals surface area contributed by atoms with E-state index in [1.54, 1.807) is 61.7 Å². The number of amidine groups is 1. The number of methoxy groups -OCH3 is 1. The van der Waals surface area contributed by atoms with Crippen LogP contribution in [-0.2, 0) is 4.74 Å².